The van der Waals surface area contributed by atoms with E-state index < -0.39 is 25.1 Å². The summed E-state index contributed by atoms with van der Waals surface area (Å²) in [6.07, 6.45) is -1.24. The average Bonchev–Trinajstić information content (AvgIpc) is 3.30. The Morgan fingerprint density at radius 3 is 2.62 bits per heavy atom. The summed E-state index contributed by atoms with van der Waals surface area (Å²) >= 11 is 0. The van der Waals surface area contributed by atoms with Crippen LogP contribution in [0.15, 0.2) is 49.1 Å². The first kappa shape index (κ1) is 18.6. The summed E-state index contributed by atoms with van der Waals surface area (Å²) in [4.78, 5) is 12.2. The van der Waals surface area contributed by atoms with E-state index in [0.29, 0.717) is 11.2 Å². The lowest BCUT2D eigenvalue weighted by atomic mass is 10.1. The molecule has 0 aliphatic carbocycles. The molecule has 0 aliphatic heterocycles. The monoisotopic (exact) mass is 400 g/mol. The highest BCUT2D eigenvalue weighted by Crippen LogP contribution is 2.32. The van der Waals surface area contributed by atoms with Crippen molar-refractivity contribution in [3.8, 4) is 28.7 Å². The summed E-state index contributed by atoms with van der Waals surface area (Å²) in [6, 6.07) is 9.34. The van der Waals surface area contributed by atoms with Crippen molar-refractivity contribution in [2.24, 2.45) is 0 Å². The van der Waals surface area contributed by atoms with Crippen molar-refractivity contribution in [2.75, 3.05) is 0 Å². The van der Waals surface area contributed by atoms with Crippen LogP contribution in [0.25, 0.3) is 28.3 Å². The van der Waals surface area contributed by atoms with E-state index in [4.69, 9.17) is 0 Å². The predicted octanol–water partition coefficient (Wildman–Crippen LogP) is 4.33. The van der Waals surface area contributed by atoms with E-state index in [0.717, 1.165) is 0 Å². The Bertz CT molecular complexity index is 1220. The molecule has 0 amide bonds. The Morgan fingerprint density at radius 1 is 1.07 bits per heavy atom. The Kier molecular flexibility index (Phi) is 4.72. The summed E-state index contributed by atoms with van der Waals surface area (Å²) in [5, 5.41) is 9.23. The van der Waals surface area contributed by atoms with Crippen LogP contribution in [0.3, 0.4) is 0 Å². The molecule has 4 aromatic heterocycles. The topological polar surface area (TPSA) is 71.8 Å². The van der Waals surface area contributed by atoms with Gasteiger partial charge in [-0.15, -0.1) is 0 Å². The normalized spacial score (nSPS) is 11.5. The van der Waals surface area contributed by atoms with Crippen LogP contribution < -0.4 is 0 Å². The minimum absolute atomic E-state index is 0.136. The lowest BCUT2D eigenvalue weighted by molar-refractivity contribution is 0.127. The van der Waals surface area contributed by atoms with Crippen LogP contribution >= 0.6 is 0 Å². The van der Waals surface area contributed by atoms with Crippen molar-refractivity contribution in [2.45, 2.75) is 19.4 Å². The molecule has 146 valence electrons. The summed E-state index contributed by atoms with van der Waals surface area (Å²) < 4.78 is 55.1. The fraction of sp³-hybridized carbons (Fsp3) is 0.158. The van der Waals surface area contributed by atoms with E-state index >= 15 is 0 Å². The van der Waals surface area contributed by atoms with Crippen LogP contribution in [0.2, 0.25) is 0 Å². The third kappa shape index (κ3) is 3.42. The third-order valence-corrected chi connectivity index (χ3v) is 4.30. The molecular weight excluding hydrogens is 388 g/mol. The average molecular weight is 400 g/mol. The van der Waals surface area contributed by atoms with Gasteiger partial charge in [-0.2, -0.15) is 5.26 Å². The van der Waals surface area contributed by atoms with Crippen LogP contribution in [0.5, 0.6) is 0 Å². The molecule has 0 N–H and O–H groups in total. The zero-order valence-corrected chi connectivity index (χ0v) is 14.7. The maximum atomic E-state index is 13.1. The standard InChI is InChI=1S/C19H12F4N6/c20-15(21)9-28-10-26-17(13-2-1-3-14(27-13)19(22)23)18(28)11-4-5-16-25-7-12(6-24)29(16)8-11/h1-5,7-8,10,15,19H,9H2. The number of rotatable bonds is 5. The first-order valence-corrected chi connectivity index (χ1v) is 8.44. The van der Waals surface area contributed by atoms with Gasteiger partial charge in [0.2, 0.25) is 0 Å². The maximum Gasteiger partial charge on any atom is 0.280 e. The SMILES string of the molecule is N#Cc1cnc2ccc(-c3c(-c4cccc(C(F)F)n4)ncn3CC(F)F)cn12. The van der Waals surface area contributed by atoms with Gasteiger partial charge in [0.15, 0.2) is 0 Å². The van der Waals surface area contributed by atoms with E-state index in [2.05, 4.69) is 15.0 Å². The summed E-state index contributed by atoms with van der Waals surface area (Å²) in [7, 11) is 0. The molecule has 29 heavy (non-hydrogen) atoms. The minimum atomic E-state index is -2.78. The number of pyridine rings is 2. The first-order chi connectivity index (χ1) is 14.0. The molecule has 0 saturated heterocycles. The van der Waals surface area contributed by atoms with Crippen LogP contribution in [0, 0.1) is 11.3 Å². The molecule has 0 aromatic carbocycles. The zero-order valence-electron chi connectivity index (χ0n) is 14.7. The number of fused-ring (bicyclic) bond motifs is 1. The number of nitrogens with zero attached hydrogens (tertiary/aromatic N) is 6. The fourth-order valence-corrected chi connectivity index (χ4v) is 3.07. The Hall–Kier alpha value is -3.74. The number of hydrogen-bond donors (Lipinski definition) is 0. The van der Waals surface area contributed by atoms with Crippen molar-refractivity contribution in [1.29, 1.82) is 5.26 Å². The van der Waals surface area contributed by atoms with Crippen molar-refractivity contribution < 1.29 is 17.6 Å². The predicted molar refractivity (Wildman–Crippen MR) is 95.3 cm³/mol. The molecule has 4 rings (SSSR count). The summed E-state index contributed by atoms with van der Waals surface area (Å²) in [5.74, 6) is 0. The minimum Gasteiger partial charge on any atom is -0.324 e. The molecule has 4 aromatic rings. The molecule has 0 spiro atoms. The highest BCUT2D eigenvalue weighted by Gasteiger charge is 2.20. The maximum absolute atomic E-state index is 13.1. The van der Waals surface area contributed by atoms with Gasteiger partial charge < -0.3 is 4.57 Å². The molecule has 0 fully saturated rings. The summed E-state index contributed by atoms with van der Waals surface area (Å²) in [6.45, 7) is -0.635. The molecular formula is C19H12F4N6. The number of alkyl halides is 4. The zero-order chi connectivity index (χ0) is 20.5. The van der Waals surface area contributed by atoms with Gasteiger partial charge in [-0.1, -0.05) is 6.07 Å². The third-order valence-electron chi connectivity index (χ3n) is 4.30. The number of aromatic nitrogens is 5. The lowest BCUT2D eigenvalue weighted by Gasteiger charge is -2.11. The van der Waals surface area contributed by atoms with Gasteiger partial charge in [-0.25, -0.2) is 32.5 Å². The number of halogens is 4. The number of hydrogen-bond acceptors (Lipinski definition) is 4. The van der Waals surface area contributed by atoms with Gasteiger partial charge in [-0.05, 0) is 24.3 Å². The number of imidazole rings is 2. The first-order valence-electron chi connectivity index (χ1n) is 8.44. The highest BCUT2D eigenvalue weighted by molar-refractivity contribution is 5.77. The van der Waals surface area contributed by atoms with Crippen LogP contribution in [-0.4, -0.2) is 30.3 Å². The molecule has 4 heterocycles. The van der Waals surface area contributed by atoms with Crippen molar-refractivity contribution >= 4 is 5.65 Å². The van der Waals surface area contributed by atoms with Gasteiger partial charge in [0, 0.05) is 11.8 Å². The Morgan fingerprint density at radius 2 is 1.90 bits per heavy atom. The highest BCUT2D eigenvalue weighted by atomic mass is 19.3. The largest absolute Gasteiger partial charge is 0.324 e. The van der Waals surface area contributed by atoms with Gasteiger partial charge in [0.25, 0.3) is 12.9 Å². The second-order valence-corrected chi connectivity index (χ2v) is 6.13. The molecule has 0 saturated carbocycles. The molecule has 0 aliphatic rings. The van der Waals surface area contributed by atoms with Gasteiger partial charge >= 0.3 is 0 Å². The molecule has 6 nitrogen and oxygen atoms in total. The van der Waals surface area contributed by atoms with Gasteiger partial charge in [0.05, 0.1) is 30.5 Å². The van der Waals surface area contributed by atoms with Crippen LogP contribution in [-0.2, 0) is 6.54 Å². The molecule has 0 atom stereocenters. The second kappa shape index (κ2) is 7.35. The van der Waals surface area contributed by atoms with Crippen LogP contribution in [0.4, 0.5) is 17.6 Å². The van der Waals surface area contributed by atoms with Crippen molar-refractivity contribution in [3.63, 3.8) is 0 Å². The Balaban J connectivity index is 1.93. The second-order valence-electron chi connectivity index (χ2n) is 6.13. The lowest BCUT2D eigenvalue weighted by Crippen LogP contribution is -2.07. The van der Waals surface area contributed by atoms with Gasteiger partial charge in [-0.3, -0.25) is 4.40 Å². The summed E-state index contributed by atoms with van der Waals surface area (Å²) in [5.41, 5.74) is 1.40. The quantitative estimate of drug-likeness (QED) is 0.468. The van der Waals surface area contributed by atoms with Crippen molar-refractivity contribution in [1.82, 2.24) is 23.9 Å². The van der Waals surface area contributed by atoms with E-state index in [1.54, 1.807) is 18.3 Å². The van der Waals surface area contributed by atoms with E-state index in [1.807, 2.05) is 6.07 Å². The molecule has 0 bridgehead atoms. The fourth-order valence-electron chi connectivity index (χ4n) is 3.07. The van der Waals surface area contributed by atoms with E-state index in [9.17, 15) is 22.8 Å². The molecule has 0 unspecified atom stereocenters. The Labute approximate surface area is 161 Å². The van der Waals surface area contributed by atoms with Crippen LogP contribution in [0.1, 0.15) is 17.8 Å². The van der Waals surface area contributed by atoms with E-state index in [1.165, 1.54) is 39.7 Å². The van der Waals surface area contributed by atoms with Crippen molar-refractivity contribution in [3.05, 3.63) is 60.4 Å². The molecule has 0 radical (unpaired) electrons. The smallest absolute Gasteiger partial charge is 0.280 e. The van der Waals surface area contributed by atoms with Gasteiger partial charge in [0.1, 0.15) is 28.8 Å². The number of nitriles is 1. The van der Waals surface area contributed by atoms with E-state index in [-0.39, 0.29) is 22.8 Å². The molecule has 10 heteroatoms.